The third kappa shape index (κ3) is 2.20. The van der Waals surface area contributed by atoms with E-state index in [9.17, 15) is 13.2 Å². The second-order valence-electron chi connectivity index (χ2n) is 4.95. The van der Waals surface area contributed by atoms with Gasteiger partial charge >= 0.3 is 6.18 Å². The minimum absolute atomic E-state index is 0.106. The summed E-state index contributed by atoms with van der Waals surface area (Å²) in [7, 11) is 0. The van der Waals surface area contributed by atoms with E-state index in [1.807, 2.05) is 0 Å². The lowest BCUT2D eigenvalue weighted by Gasteiger charge is -2.20. The zero-order chi connectivity index (χ0) is 14.3. The summed E-state index contributed by atoms with van der Waals surface area (Å²) < 4.78 is 40.9. The van der Waals surface area contributed by atoms with Crippen molar-refractivity contribution in [1.82, 2.24) is 9.55 Å². The molecule has 2 aromatic rings. The maximum atomic E-state index is 13.0. The van der Waals surface area contributed by atoms with Crippen LogP contribution in [0.4, 0.5) is 13.2 Å². The number of rotatable bonds is 1. The molecule has 0 spiro atoms. The Morgan fingerprint density at radius 1 is 1.25 bits per heavy atom. The molecule has 1 aliphatic heterocycles. The van der Waals surface area contributed by atoms with E-state index < -0.39 is 11.7 Å². The Balaban J connectivity index is 2.11. The van der Waals surface area contributed by atoms with Gasteiger partial charge < -0.3 is 10.3 Å². The van der Waals surface area contributed by atoms with Gasteiger partial charge in [0, 0.05) is 18.2 Å². The zero-order valence-electron chi connectivity index (χ0n) is 10.7. The molecule has 1 aliphatic rings. The van der Waals surface area contributed by atoms with Gasteiger partial charge in [0.15, 0.2) is 0 Å². The van der Waals surface area contributed by atoms with Crippen molar-refractivity contribution >= 4 is 0 Å². The molecule has 0 saturated heterocycles. The molecule has 0 aliphatic carbocycles. The van der Waals surface area contributed by atoms with E-state index in [0.29, 0.717) is 5.69 Å². The molecule has 1 aromatic heterocycles. The fourth-order valence-electron chi connectivity index (χ4n) is 2.60. The van der Waals surface area contributed by atoms with Gasteiger partial charge in [-0.3, -0.25) is 0 Å². The maximum Gasteiger partial charge on any atom is 0.417 e. The molecule has 0 bridgehead atoms. The number of alkyl halides is 3. The van der Waals surface area contributed by atoms with Crippen LogP contribution >= 0.6 is 0 Å². The normalized spacial score (nSPS) is 18.9. The SMILES string of the molecule is NC1CCCc2nc(-c3ccccc3C(F)(F)F)cn21. The molecule has 3 nitrogen and oxygen atoms in total. The highest BCUT2D eigenvalue weighted by atomic mass is 19.4. The first-order valence-corrected chi connectivity index (χ1v) is 6.47. The highest BCUT2D eigenvalue weighted by molar-refractivity contribution is 5.64. The number of aromatic nitrogens is 2. The van der Waals surface area contributed by atoms with E-state index in [2.05, 4.69) is 4.98 Å². The summed E-state index contributed by atoms with van der Waals surface area (Å²) in [5.74, 6) is 0.760. The van der Waals surface area contributed by atoms with E-state index >= 15 is 0 Å². The van der Waals surface area contributed by atoms with Crippen molar-refractivity contribution in [2.24, 2.45) is 5.73 Å². The standard InChI is InChI=1S/C14H14F3N3/c15-14(16,17)10-5-2-1-4-9(10)11-8-20-12(18)6-3-7-13(20)19-11/h1-2,4-5,8,12H,3,6-7,18H2. The topological polar surface area (TPSA) is 43.8 Å². The molecular formula is C14H14F3N3. The number of imidazole rings is 1. The van der Waals surface area contributed by atoms with Gasteiger partial charge in [0.1, 0.15) is 5.82 Å². The molecule has 3 rings (SSSR count). The van der Waals surface area contributed by atoms with Crippen LogP contribution in [0.25, 0.3) is 11.3 Å². The lowest BCUT2D eigenvalue weighted by Crippen LogP contribution is -2.24. The summed E-state index contributed by atoms with van der Waals surface area (Å²) in [6.07, 6.45) is -0.463. The average Bonchev–Trinajstić information content (AvgIpc) is 2.83. The average molecular weight is 281 g/mol. The van der Waals surface area contributed by atoms with Gasteiger partial charge in [-0.05, 0) is 18.9 Å². The summed E-state index contributed by atoms with van der Waals surface area (Å²) in [6.45, 7) is 0. The Labute approximate surface area is 114 Å². The predicted molar refractivity (Wildman–Crippen MR) is 68.8 cm³/mol. The van der Waals surface area contributed by atoms with E-state index in [1.54, 1.807) is 16.8 Å². The van der Waals surface area contributed by atoms with Crippen molar-refractivity contribution in [3.63, 3.8) is 0 Å². The smallest absolute Gasteiger partial charge is 0.318 e. The van der Waals surface area contributed by atoms with Crippen LogP contribution < -0.4 is 5.73 Å². The van der Waals surface area contributed by atoms with Crippen LogP contribution in [0.2, 0.25) is 0 Å². The number of nitrogens with zero attached hydrogens (tertiary/aromatic N) is 2. The van der Waals surface area contributed by atoms with Crippen molar-refractivity contribution < 1.29 is 13.2 Å². The van der Waals surface area contributed by atoms with Crippen molar-refractivity contribution in [1.29, 1.82) is 0 Å². The molecule has 1 aromatic carbocycles. The van der Waals surface area contributed by atoms with Gasteiger partial charge in [0.25, 0.3) is 0 Å². The summed E-state index contributed by atoms with van der Waals surface area (Å²) in [4.78, 5) is 4.33. The molecule has 1 unspecified atom stereocenters. The van der Waals surface area contributed by atoms with Crippen LogP contribution in [0.3, 0.4) is 0 Å². The molecule has 2 N–H and O–H groups in total. The first-order valence-electron chi connectivity index (χ1n) is 6.47. The van der Waals surface area contributed by atoms with Crippen molar-refractivity contribution in [3.05, 3.63) is 41.9 Å². The highest BCUT2D eigenvalue weighted by Crippen LogP contribution is 2.37. The lowest BCUT2D eigenvalue weighted by molar-refractivity contribution is -0.137. The zero-order valence-corrected chi connectivity index (χ0v) is 10.7. The number of aryl methyl sites for hydroxylation is 1. The summed E-state index contributed by atoms with van der Waals surface area (Å²) in [6, 6.07) is 5.49. The fraction of sp³-hybridized carbons (Fsp3) is 0.357. The van der Waals surface area contributed by atoms with Gasteiger partial charge in [0.05, 0.1) is 17.4 Å². The monoisotopic (exact) mass is 281 g/mol. The summed E-state index contributed by atoms with van der Waals surface area (Å²) in [5, 5.41) is 0. The molecule has 6 heteroatoms. The van der Waals surface area contributed by atoms with E-state index in [-0.39, 0.29) is 11.7 Å². The van der Waals surface area contributed by atoms with Crippen molar-refractivity contribution in [3.8, 4) is 11.3 Å². The number of hydrogen-bond donors (Lipinski definition) is 1. The molecule has 2 heterocycles. The Morgan fingerprint density at radius 3 is 2.70 bits per heavy atom. The summed E-state index contributed by atoms with van der Waals surface area (Å²) in [5.41, 5.74) is 5.74. The Bertz CT molecular complexity index is 631. The first kappa shape index (κ1) is 13.2. The minimum Gasteiger partial charge on any atom is -0.318 e. The van der Waals surface area contributed by atoms with Gasteiger partial charge in [-0.15, -0.1) is 0 Å². The van der Waals surface area contributed by atoms with Gasteiger partial charge in [-0.2, -0.15) is 13.2 Å². The molecule has 0 radical (unpaired) electrons. The molecule has 0 fully saturated rings. The Hall–Kier alpha value is -1.82. The van der Waals surface area contributed by atoms with Crippen LogP contribution in [0, 0.1) is 0 Å². The number of halogens is 3. The Kier molecular flexibility index (Phi) is 3.05. The maximum absolute atomic E-state index is 13.0. The van der Waals surface area contributed by atoms with E-state index in [0.717, 1.165) is 31.2 Å². The van der Waals surface area contributed by atoms with Crippen molar-refractivity contribution in [2.45, 2.75) is 31.6 Å². The largest absolute Gasteiger partial charge is 0.417 e. The lowest BCUT2D eigenvalue weighted by atomic mass is 10.0. The third-order valence-electron chi connectivity index (χ3n) is 3.57. The third-order valence-corrected chi connectivity index (χ3v) is 3.57. The molecule has 0 saturated carbocycles. The molecule has 106 valence electrons. The number of benzene rings is 1. The molecule has 1 atom stereocenters. The number of fused-ring (bicyclic) bond motifs is 1. The highest BCUT2D eigenvalue weighted by Gasteiger charge is 2.34. The minimum atomic E-state index is -4.39. The Morgan fingerprint density at radius 2 is 2.00 bits per heavy atom. The number of nitrogens with two attached hydrogens (primary N) is 1. The van der Waals surface area contributed by atoms with Crippen LogP contribution in [-0.4, -0.2) is 9.55 Å². The second kappa shape index (κ2) is 4.63. The summed E-state index contributed by atoms with van der Waals surface area (Å²) >= 11 is 0. The van der Waals surface area contributed by atoms with E-state index in [4.69, 9.17) is 5.73 Å². The van der Waals surface area contributed by atoms with Crippen molar-refractivity contribution in [2.75, 3.05) is 0 Å². The second-order valence-corrected chi connectivity index (χ2v) is 4.95. The van der Waals surface area contributed by atoms with E-state index in [1.165, 1.54) is 12.1 Å². The van der Waals surface area contributed by atoms with Crippen LogP contribution in [0.5, 0.6) is 0 Å². The fourth-order valence-corrected chi connectivity index (χ4v) is 2.60. The van der Waals surface area contributed by atoms with Crippen LogP contribution in [0.15, 0.2) is 30.5 Å². The van der Waals surface area contributed by atoms with Crippen LogP contribution in [-0.2, 0) is 12.6 Å². The van der Waals surface area contributed by atoms with Gasteiger partial charge in [0.2, 0.25) is 0 Å². The molecular weight excluding hydrogens is 267 g/mol. The molecule has 20 heavy (non-hydrogen) atoms. The van der Waals surface area contributed by atoms with Gasteiger partial charge in [-0.25, -0.2) is 4.98 Å². The quantitative estimate of drug-likeness (QED) is 0.871. The van der Waals surface area contributed by atoms with Gasteiger partial charge in [-0.1, -0.05) is 18.2 Å². The molecule has 0 amide bonds. The van der Waals surface area contributed by atoms with Crippen LogP contribution in [0.1, 0.15) is 30.4 Å². The first-order chi connectivity index (χ1) is 9.47. The number of hydrogen-bond acceptors (Lipinski definition) is 2. The predicted octanol–water partition coefficient (Wildman–Crippen LogP) is 3.36.